The molecule has 0 amide bonds. The third-order valence-corrected chi connectivity index (χ3v) is 6.48. The fraction of sp³-hybridized carbons (Fsp3) is 0.526. The van der Waals surface area contributed by atoms with Crippen LogP contribution in [0.2, 0.25) is 0 Å². The SMILES string of the molecule is CC(=O)Oc1ccc2c3c1OC1C(=O)CCC4C(C2)N(C#N)CCC314. The molecule has 4 aliphatic rings. The number of rotatable bonds is 1. The molecule has 2 heterocycles. The van der Waals surface area contributed by atoms with Crippen LogP contribution in [0, 0.1) is 17.4 Å². The van der Waals surface area contributed by atoms with E-state index in [2.05, 4.69) is 6.19 Å². The predicted molar refractivity (Wildman–Crippen MR) is 86.0 cm³/mol. The Hall–Kier alpha value is -2.55. The summed E-state index contributed by atoms with van der Waals surface area (Å²) in [5.41, 5.74) is 1.80. The van der Waals surface area contributed by atoms with E-state index in [1.807, 2.05) is 11.0 Å². The van der Waals surface area contributed by atoms with Crippen molar-refractivity contribution >= 4 is 11.8 Å². The summed E-state index contributed by atoms with van der Waals surface area (Å²) in [6, 6.07) is 3.84. The first-order valence-corrected chi connectivity index (χ1v) is 8.77. The highest BCUT2D eigenvalue weighted by Crippen LogP contribution is 2.63. The highest BCUT2D eigenvalue weighted by atomic mass is 16.6. The van der Waals surface area contributed by atoms with Crippen molar-refractivity contribution in [3.63, 3.8) is 0 Å². The molecular weight excluding hydrogens is 320 g/mol. The van der Waals surface area contributed by atoms with E-state index in [0.717, 1.165) is 30.4 Å². The average Bonchev–Trinajstić information content (AvgIpc) is 2.93. The molecule has 6 nitrogen and oxygen atoms in total. The Kier molecular flexibility index (Phi) is 2.81. The second-order valence-electron chi connectivity index (χ2n) is 7.49. The molecule has 5 rings (SSSR count). The van der Waals surface area contributed by atoms with E-state index >= 15 is 0 Å². The zero-order chi connectivity index (χ0) is 17.3. The summed E-state index contributed by atoms with van der Waals surface area (Å²) in [5, 5.41) is 9.53. The molecule has 4 unspecified atom stereocenters. The maximum atomic E-state index is 12.7. The largest absolute Gasteiger partial charge is 0.477 e. The highest BCUT2D eigenvalue weighted by molar-refractivity contribution is 5.89. The number of benzene rings is 1. The van der Waals surface area contributed by atoms with Gasteiger partial charge in [-0.15, -0.1) is 0 Å². The van der Waals surface area contributed by atoms with Crippen molar-refractivity contribution in [1.82, 2.24) is 4.90 Å². The van der Waals surface area contributed by atoms with Crippen LogP contribution in [-0.4, -0.2) is 35.3 Å². The molecule has 1 spiro atoms. The summed E-state index contributed by atoms with van der Waals surface area (Å²) in [4.78, 5) is 26.0. The van der Waals surface area contributed by atoms with Crippen LogP contribution in [0.4, 0.5) is 0 Å². The van der Waals surface area contributed by atoms with E-state index < -0.39 is 12.1 Å². The van der Waals surface area contributed by atoms with Crippen LogP contribution >= 0.6 is 0 Å². The van der Waals surface area contributed by atoms with E-state index in [1.165, 1.54) is 6.92 Å². The minimum atomic E-state index is -0.514. The lowest BCUT2D eigenvalue weighted by molar-refractivity contribution is -0.137. The zero-order valence-corrected chi connectivity index (χ0v) is 13.9. The maximum Gasteiger partial charge on any atom is 0.308 e. The van der Waals surface area contributed by atoms with Crippen LogP contribution in [-0.2, 0) is 21.4 Å². The van der Waals surface area contributed by atoms with E-state index in [4.69, 9.17) is 9.47 Å². The summed E-state index contributed by atoms with van der Waals surface area (Å²) in [6.45, 7) is 2.00. The van der Waals surface area contributed by atoms with Gasteiger partial charge in [-0.05, 0) is 36.8 Å². The number of nitriles is 1. The van der Waals surface area contributed by atoms with Gasteiger partial charge < -0.3 is 14.4 Å². The Morgan fingerprint density at radius 3 is 3.08 bits per heavy atom. The van der Waals surface area contributed by atoms with Gasteiger partial charge in [-0.1, -0.05) is 6.07 Å². The number of carbonyl (C=O) groups excluding carboxylic acids is 2. The average molecular weight is 338 g/mol. The Morgan fingerprint density at radius 1 is 1.48 bits per heavy atom. The van der Waals surface area contributed by atoms with Gasteiger partial charge in [0.1, 0.15) is 0 Å². The molecule has 4 atom stereocenters. The van der Waals surface area contributed by atoms with Crippen molar-refractivity contribution in [2.75, 3.05) is 6.54 Å². The molecule has 2 aliphatic carbocycles. The van der Waals surface area contributed by atoms with E-state index in [1.54, 1.807) is 6.07 Å². The molecule has 1 aromatic rings. The number of Topliss-reactive ketones (excluding diaryl/α,β-unsaturated/α-hetero) is 1. The van der Waals surface area contributed by atoms with Gasteiger partial charge in [-0.2, -0.15) is 5.26 Å². The standard InChI is InChI=1S/C19H18N2O4/c1-10(22)24-15-5-2-11-8-13-12-3-4-14(23)18-19(12,6-7-21(13)9-20)16(11)17(15)25-18/h2,5,12-13,18H,3-4,6-8H2,1H3. The fourth-order valence-electron chi connectivity index (χ4n) is 5.68. The molecule has 25 heavy (non-hydrogen) atoms. The predicted octanol–water partition coefficient (Wildman–Crippen LogP) is 1.70. The molecular formula is C19H18N2O4. The van der Waals surface area contributed by atoms with Crippen molar-refractivity contribution in [2.45, 2.75) is 50.2 Å². The summed E-state index contributed by atoms with van der Waals surface area (Å²) in [7, 11) is 0. The molecule has 0 radical (unpaired) electrons. The van der Waals surface area contributed by atoms with E-state index in [-0.39, 0.29) is 23.2 Å². The van der Waals surface area contributed by atoms with Crippen LogP contribution in [0.1, 0.15) is 37.3 Å². The minimum Gasteiger partial charge on any atom is -0.477 e. The van der Waals surface area contributed by atoms with Crippen LogP contribution in [0.3, 0.4) is 0 Å². The van der Waals surface area contributed by atoms with Gasteiger partial charge in [-0.3, -0.25) is 9.59 Å². The van der Waals surface area contributed by atoms with Crippen molar-refractivity contribution < 1.29 is 19.1 Å². The third-order valence-electron chi connectivity index (χ3n) is 6.48. The second kappa shape index (κ2) is 4.75. The van der Waals surface area contributed by atoms with Crippen molar-refractivity contribution in [2.24, 2.45) is 5.92 Å². The number of nitrogens with zero attached hydrogens (tertiary/aromatic N) is 2. The van der Waals surface area contributed by atoms with Gasteiger partial charge in [0, 0.05) is 31.5 Å². The lowest BCUT2D eigenvalue weighted by atomic mass is 9.51. The first-order chi connectivity index (χ1) is 12.1. The number of piperidine rings is 1. The number of likely N-dealkylation sites (tertiary alicyclic amines) is 1. The molecule has 0 aromatic heterocycles. The number of hydrogen-bond donors (Lipinski definition) is 0. The molecule has 2 bridgehead atoms. The Balaban J connectivity index is 1.75. The molecule has 2 aliphatic heterocycles. The van der Waals surface area contributed by atoms with Crippen LogP contribution in [0.5, 0.6) is 11.5 Å². The topological polar surface area (TPSA) is 79.6 Å². The van der Waals surface area contributed by atoms with Gasteiger partial charge in [0.15, 0.2) is 29.6 Å². The Labute approximate surface area is 145 Å². The zero-order valence-electron chi connectivity index (χ0n) is 13.9. The molecule has 1 aromatic carbocycles. The summed E-state index contributed by atoms with van der Waals surface area (Å²) in [6.07, 6.45) is 4.59. The fourth-order valence-corrected chi connectivity index (χ4v) is 5.68. The number of carbonyl (C=O) groups is 2. The normalized spacial score (nSPS) is 34.0. The number of ether oxygens (including phenoxy) is 2. The van der Waals surface area contributed by atoms with Crippen LogP contribution in [0.15, 0.2) is 12.1 Å². The number of esters is 1. The number of hydrogen-bond acceptors (Lipinski definition) is 6. The monoisotopic (exact) mass is 338 g/mol. The third kappa shape index (κ3) is 1.68. The van der Waals surface area contributed by atoms with Gasteiger partial charge in [0.25, 0.3) is 0 Å². The van der Waals surface area contributed by atoms with Crippen LogP contribution < -0.4 is 9.47 Å². The van der Waals surface area contributed by atoms with Crippen LogP contribution in [0.25, 0.3) is 0 Å². The maximum absolute atomic E-state index is 12.7. The molecule has 128 valence electrons. The first kappa shape index (κ1) is 14.8. The highest BCUT2D eigenvalue weighted by Gasteiger charge is 2.66. The lowest BCUT2D eigenvalue weighted by Crippen LogP contribution is -2.65. The van der Waals surface area contributed by atoms with Crippen molar-refractivity contribution in [3.8, 4) is 17.7 Å². The first-order valence-electron chi connectivity index (χ1n) is 8.77. The van der Waals surface area contributed by atoms with Gasteiger partial charge in [0.05, 0.1) is 5.41 Å². The van der Waals surface area contributed by atoms with Crippen molar-refractivity contribution in [3.05, 3.63) is 23.3 Å². The van der Waals surface area contributed by atoms with Gasteiger partial charge in [-0.25, -0.2) is 0 Å². The minimum absolute atomic E-state index is 0.121. The molecule has 1 saturated carbocycles. The Morgan fingerprint density at radius 2 is 2.32 bits per heavy atom. The molecule has 0 N–H and O–H groups in total. The van der Waals surface area contributed by atoms with E-state index in [9.17, 15) is 14.9 Å². The smallest absolute Gasteiger partial charge is 0.308 e. The van der Waals surface area contributed by atoms with Gasteiger partial charge >= 0.3 is 5.97 Å². The van der Waals surface area contributed by atoms with Gasteiger partial charge in [0.2, 0.25) is 0 Å². The second-order valence-corrected chi connectivity index (χ2v) is 7.49. The van der Waals surface area contributed by atoms with Crippen molar-refractivity contribution in [1.29, 1.82) is 5.26 Å². The quantitative estimate of drug-likeness (QED) is 0.440. The Bertz CT molecular complexity index is 858. The molecule has 1 saturated heterocycles. The lowest BCUT2D eigenvalue weighted by Gasteiger charge is -2.56. The summed E-state index contributed by atoms with van der Waals surface area (Å²) < 4.78 is 11.5. The summed E-state index contributed by atoms with van der Waals surface area (Å²) in [5.74, 6) is 0.927. The van der Waals surface area contributed by atoms with E-state index in [0.29, 0.717) is 24.5 Å². The molecule has 6 heteroatoms. The summed E-state index contributed by atoms with van der Waals surface area (Å²) >= 11 is 0. The molecule has 2 fully saturated rings. The number of ketones is 1.